The molecule has 9 heteroatoms. The largest absolute Gasteiger partial charge is 0.493 e. The number of nitrogens with zero attached hydrogens (tertiary/aromatic N) is 4. The lowest BCUT2D eigenvalue weighted by molar-refractivity contribution is 0.119. The zero-order valence-electron chi connectivity index (χ0n) is 22.8. The Morgan fingerprint density at radius 1 is 0.861 bits per heavy atom. The smallest absolute Gasteiger partial charge is 0.335 e. The summed E-state index contributed by atoms with van der Waals surface area (Å²) in [4.78, 5) is 24.5. The molecule has 2 N–H and O–H groups in total. The summed E-state index contributed by atoms with van der Waals surface area (Å²) in [5, 5.41) is 20.0. The van der Waals surface area contributed by atoms with Crippen LogP contribution in [-0.2, 0) is 24.4 Å². The molecule has 9 nitrogen and oxygen atoms in total. The second-order valence-corrected chi connectivity index (χ2v) is 11.3. The fourth-order valence-electron chi connectivity index (χ4n) is 4.48. The molecule has 2 heterocycles. The molecule has 0 amide bonds. The molecule has 0 bridgehead atoms. The van der Waals surface area contributed by atoms with Crippen LogP contribution in [0.4, 0.5) is 0 Å². The van der Waals surface area contributed by atoms with Crippen molar-refractivity contribution in [2.45, 2.75) is 99.2 Å². The summed E-state index contributed by atoms with van der Waals surface area (Å²) >= 11 is 0. The van der Waals surface area contributed by atoms with Crippen LogP contribution in [0.5, 0.6) is 11.8 Å². The predicted molar refractivity (Wildman–Crippen MR) is 143 cm³/mol. The number of aryl methyl sites for hydroxylation is 1. The standard InChI is InChI=1S/C27H46N4O5/c1-7-28-19-22(32)30(24(28)34)16-15-26(3,4)13-9-11-17-36-18-12-10-14-27(5,6)21-31-23(33)20-29(8-2)25(31)35/h8,19-20,32-33H,2,7,9-18,21H2,1,3-6H3. The van der Waals surface area contributed by atoms with Crippen molar-refractivity contribution in [1.82, 2.24) is 18.3 Å². The topological polar surface area (TPSA) is 104 Å². The van der Waals surface area contributed by atoms with Crippen LogP contribution in [0.25, 0.3) is 6.20 Å². The van der Waals surface area contributed by atoms with Crippen LogP contribution in [0, 0.1) is 10.8 Å². The molecule has 0 aliphatic rings. The van der Waals surface area contributed by atoms with Crippen molar-refractivity contribution in [3.63, 3.8) is 0 Å². The summed E-state index contributed by atoms with van der Waals surface area (Å²) in [6.45, 7) is 17.1. The first-order chi connectivity index (χ1) is 16.9. The van der Waals surface area contributed by atoms with Gasteiger partial charge in [-0.3, -0.25) is 18.3 Å². The van der Waals surface area contributed by atoms with Gasteiger partial charge >= 0.3 is 11.4 Å². The van der Waals surface area contributed by atoms with Crippen molar-refractivity contribution >= 4 is 6.20 Å². The lowest BCUT2D eigenvalue weighted by Crippen LogP contribution is -2.28. The fraction of sp³-hybridized carbons (Fsp3) is 0.704. The number of hydrogen-bond acceptors (Lipinski definition) is 5. The maximum atomic E-state index is 12.3. The third kappa shape index (κ3) is 8.47. The Labute approximate surface area is 214 Å². The van der Waals surface area contributed by atoms with Gasteiger partial charge in [0.15, 0.2) is 0 Å². The minimum atomic E-state index is -0.273. The van der Waals surface area contributed by atoms with Crippen LogP contribution in [0.2, 0.25) is 0 Å². The maximum absolute atomic E-state index is 12.3. The number of aromatic nitrogens is 4. The Hall–Kier alpha value is -2.68. The Morgan fingerprint density at radius 2 is 1.44 bits per heavy atom. The van der Waals surface area contributed by atoms with Gasteiger partial charge in [-0.2, -0.15) is 0 Å². The fourth-order valence-corrected chi connectivity index (χ4v) is 4.48. The van der Waals surface area contributed by atoms with E-state index in [4.69, 9.17) is 4.74 Å². The van der Waals surface area contributed by atoms with E-state index in [2.05, 4.69) is 34.3 Å². The summed E-state index contributed by atoms with van der Waals surface area (Å²) in [5.41, 5.74) is -0.470. The van der Waals surface area contributed by atoms with Gasteiger partial charge in [-0.05, 0) is 49.9 Å². The highest BCUT2D eigenvalue weighted by Crippen LogP contribution is 2.29. The van der Waals surface area contributed by atoms with Gasteiger partial charge in [-0.1, -0.05) is 47.1 Å². The molecule has 0 unspecified atom stereocenters. The average Bonchev–Trinajstić information content (AvgIpc) is 3.24. The molecule has 2 rings (SSSR count). The Morgan fingerprint density at radius 3 is 1.97 bits per heavy atom. The third-order valence-electron chi connectivity index (χ3n) is 6.93. The molecule has 0 aliphatic heterocycles. The van der Waals surface area contributed by atoms with Gasteiger partial charge < -0.3 is 14.9 Å². The van der Waals surface area contributed by atoms with E-state index in [1.54, 1.807) is 0 Å². The molecule has 0 aliphatic carbocycles. The SMILES string of the molecule is C=Cn1cc(O)n(CC(C)(C)CCCCOCCCCC(C)(C)CCn2c(O)cn(CC)c2=O)c1=O. The number of rotatable bonds is 17. The van der Waals surface area contributed by atoms with Crippen molar-refractivity contribution in [3.05, 3.63) is 39.9 Å². The zero-order valence-corrected chi connectivity index (χ0v) is 22.8. The van der Waals surface area contributed by atoms with E-state index in [0.29, 0.717) is 26.2 Å². The number of imidazole rings is 2. The van der Waals surface area contributed by atoms with Crippen molar-refractivity contribution in [1.29, 1.82) is 0 Å². The van der Waals surface area contributed by atoms with Gasteiger partial charge in [-0.25, -0.2) is 9.59 Å². The highest BCUT2D eigenvalue weighted by molar-refractivity contribution is 5.21. The molecule has 0 saturated carbocycles. The molecular formula is C27H46N4O5. The van der Waals surface area contributed by atoms with Crippen LogP contribution >= 0.6 is 0 Å². The van der Waals surface area contributed by atoms with Crippen LogP contribution < -0.4 is 11.4 Å². The van der Waals surface area contributed by atoms with Crippen molar-refractivity contribution in [2.75, 3.05) is 13.2 Å². The van der Waals surface area contributed by atoms with Gasteiger partial charge in [0.25, 0.3) is 0 Å². The molecule has 0 aromatic carbocycles. The monoisotopic (exact) mass is 506 g/mol. The summed E-state index contributed by atoms with van der Waals surface area (Å²) in [5.74, 6) is -0.00423. The van der Waals surface area contributed by atoms with E-state index in [9.17, 15) is 19.8 Å². The molecule has 0 atom stereocenters. The maximum Gasteiger partial charge on any atom is 0.335 e. The second-order valence-electron chi connectivity index (χ2n) is 11.3. The normalized spacial score (nSPS) is 12.4. The molecule has 0 fully saturated rings. The molecule has 2 aromatic heterocycles. The Bertz CT molecular complexity index is 1090. The third-order valence-corrected chi connectivity index (χ3v) is 6.93. The molecule has 204 valence electrons. The lowest BCUT2D eigenvalue weighted by atomic mass is 9.84. The quantitative estimate of drug-likeness (QED) is 0.304. The van der Waals surface area contributed by atoms with Gasteiger partial charge in [0.1, 0.15) is 0 Å². The van der Waals surface area contributed by atoms with Gasteiger partial charge in [0.05, 0.1) is 12.4 Å². The minimum Gasteiger partial charge on any atom is -0.493 e. The van der Waals surface area contributed by atoms with Crippen LogP contribution in [0.3, 0.4) is 0 Å². The summed E-state index contributed by atoms with van der Waals surface area (Å²) in [7, 11) is 0. The Kier molecular flexibility index (Phi) is 10.7. The van der Waals surface area contributed by atoms with E-state index >= 15 is 0 Å². The van der Waals surface area contributed by atoms with Crippen molar-refractivity contribution < 1.29 is 14.9 Å². The van der Waals surface area contributed by atoms with Crippen LogP contribution in [0.1, 0.15) is 79.6 Å². The van der Waals surface area contributed by atoms with Gasteiger partial charge in [0.2, 0.25) is 11.8 Å². The number of ether oxygens (including phenoxy) is 1. The van der Waals surface area contributed by atoms with Gasteiger partial charge in [0, 0.05) is 39.0 Å². The highest BCUT2D eigenvalue weighted by atomic mass is 16.5. The molecule has 36 heavy (non-hydrogen) atoms. The summed E-state index contributed by atoms with van der Waals surface area (Å²) in [6.07, 6.45) is 11.1. The van der Waals surface area contributed by atoms with Crippen molar-refractivity contribution in [2.24, 2.45) is 10.8 Å². The first kappa shape index (κ1) is 29.5. The second kappa shape index (κ2) is 13.0. The minimum absolute atomic E-state index is 0.0355. The summed E-state index contributed by atoms with van der Waals surface area (Å²) in [6, 6.07) is 0. The molecule has 0 radical (unpaired) electrons. The zero-order chi connectivity index (χ0) is 26.9. The molecular weight excluding hydrogens is 460 g/mol. The number of aromatic hydroxyl groups is 2. The molecule has 0 spiro atoms. The lowest BCUT2D eigenvalue weighted by Gasteiger charge is -2.25. The first-order valence-electron chi connectivity index (χ1n) is 13.1. The van der Waals surface area contributed by atoms with Crippen LogP contribution in [0.15, 0.2) is 28.6 Å². The highest BCUT2D eigenvalue weighted by Gasteiger charge is 2.22. The average molecular weight is 507 g/mol. The molecule has 2 aromatic rings. The van der Waals surface area contributed by atoms with E-state index in [0.717, 1.165) is 51.6 Å². The number of hydrogen-bond donors (Lipinski definition) is 2. The number of unbranched alkanes of at least 4 members (excludes halogenated alkanes) is 2. The van der Waals surface area contributed by atoms with Crippen molar-refractivity contribution in [3.8, 4) is 11.8 Å². The van der Waals surface area contributed by atoms with Crippen LogP contribution in [-0.4, -0.2) is 41.7 Å². The van der Waals surface area contributed by atoms with E-state index < -0.39 is 0 Å². The Balaban J connectivity index is 1.59. The van der Waals surface area contributed by atoms with E-state index in [1.807, 2.05) is 6.92 Å². The van der Waals surface area contributed by atoms with E-state index in [1.165, 1.54) is 36.9 Å². The predicted octanol–water partition coefficient (Wildman–Crippen LogP) is 4.64. The summed E-state index contributed by atoms with van der Waals surface area (Å²) < 4.78 is 11.5. The molecule has 0 saturated heterocycles. The first-order valence-corrected chi connectivity index (χ1v) is 13.1. The van der Waals surface area contributed by atoms with E-state index in [-0.39, 0.29) is 34.0 Å². The van der Waals surface area contributed by atoms with Gasteiger partial charge in [-0.15, -0.1) is 0 Å².